The lowest BCUT2D eigenvalue weighted by Gasteiger charge is -2.44. The van der Waals surface area contributed by atoms with Gasteiger partial charge < -0.3 is 4.57 Å². The van der Waals surface area contributed by atoms with Crippen LogP contribution < -0.4 is 0 Å². The fraction of sp³-hybridized carbons (Fsp3) is 0.500. The van der Waals surface area contributed by atoms with Gasteiger partial charge in [-0.1, -0.05) is 13.0 Å². The van der Waals surface area contributed by atoms with Gasteiger partial charge in [-0.3, -0.25) is 0 Å². The Labute approximate surface area is 99.1 Å². The molecule has 1 saturated carbocycles. The van der Waals surface area contributed by atoms with Crippen LogP contribution >= 0.6 is 11.3 Å². The minimum absolute atomic E-state index is 0.138. The maximum atomic E-state index is 4.32. The summed E-state index contributed by atoms with van der Waals surface area (Å²) in [7, 11) is 2.04. The van der Waals surface area contributed by atoms with E-state index in [1.807, 2.05) is 18.4 Å². The average molecular weight is 233 g/mol. The van der Waals surface area contributed by atoms with E-state index in [2.05, 4.69) is 39.2 Å². The monoisotopic (exact) mass is 233 g/mol. The van der Waals surface area contributed by atoms with E-state index >= 15 is 0 Å². The molecule has 0 aliphatic heterocycles. The fourth-order valence-electron chi connectivity index (χ4n) is 2.89. The first kappa shape index (κ1) is 10.0. The molecule has 84 valence electrons. The van der Waals surface area contributed by atoms with Gasteiger partial charge in [0.2, 0.25) is 0 Å². The van der Waals surface area contributed by atoms with Gasteiger partial charge in [-0.15, -0.1) is 21.5 Å². The lowest BCUT2D eigenvalue weighted by molar-refractivity contribution is 0.189. The first-order valence-corrected chi connectivity index (χ1v) is 6.49. The van der Waals surface area contributed by atoms with Crippen molar-refractivity contribution in [2.24, 2.45) is 13.0 Å². The number of hydrogen-bond donors (Lipinski definition) is 0. The molecule has 2 heterocycles. The Kier molecular flexibility index (Phi) is 2.14. The number of nitrogens with zero attached hydrogens (tertiary/aromatic N) is 3. The normalized spacial score (nSPS) is 29.0. The zero-order valence-electron chi connectivity index (χ0n) is 9.55. The van der Waals surface area contributed by atoms with Crippen molar-refractivity contribution in [2.75, 3.05) is 0 Å². The second-order valence-electron chi connectivity index (χ2n) is 4.84. The molecule has 0 saturated heterocycles. The highest BCUT2D eigenvalue weighted by Crippen LogP contribution is 2.52. The van der Waals surface area contributed by atoms with E-state index in [4.69, 9.17) is 0 Å². The molecule has 0 bridgehead atoms. The topological polar surface area (TPSA) is 30.7 Å². The van der Waals surface area contributed by atoms with Gasteiger partial charge in [0.05, 0.1) is 5.41 Å². The van der Waals surface area contributed by atoms with Crippen LogP contribution in [0.5, 0.6) is 0 Å². The Balaban J connectivity index is 2.09. The Bertz CT molecular complexity index is 480. The molecule has 1 aliphatic rings. The number of aryl methyl sites for hydroxylation is 1. The van der Waals surface area contributed by atoms with Gasteiger partial charge >= 0.3 is 0 Å². The third-order valence-corrected chi connectivity index (χ3v) is 4.60. The molecule has 1 fully saturated rings. The van der Waals surface area contributed by atoms with Crippen molar-refractivity contribution in [3.63, 3.8) is 0 Å². The quantitative estimate of drug-likeness (QED) is 0.798. The van der Waals surface area contributed by atoms with Gasteiger partial charge in [-0.2, -0.15) is 0 Å². The average Bonchev–Trinajstić information content (AvgIpc) is 2.83. The molecular weight excluding hydrogens is 218 g/mol. The summed E-state index contributed by atoms with van der Waals surface area (Å²) in [5, 5.41) is 10.5. The zero-order chi connectivity index (χ0) is 11.2. The van der Waals surface area contributed by atoms with E-state index < -0.39 is 0 Å². The van der Waals surface area contributed by atoms with Crippen molar-refractivity contribution < 1.29 is 0 Å². The predicted molar refractivity (Wildman–Crippen MR) is 64.5 cm³/mol. The SMILES string of the molecule is CC1CC(c2cccs2)(c2nncn2C)C1. The van der Waals surface area contributed by atoms with Crippen molar-refractivity contribution in [1.82, 2.24) is 14.8 Å². The molecule has 0 radical (unpaired) electrons. The highest BCUT2D eigenvalue weighted by molar-refractivity contribution is 7.10. The Morgan fingerprint density at radius 2 is 2.31 bits per heavy atom. The van der Waals surface area contributed by atoms with E-state index in [9.17, 15) is 0 Å². The molecule has 2 aromatic rings. The lowest BCUT2D eigenvalue weighted by Crippen LogP contribution is -2.42. The maximum Gasteiger partial charge on any atom is 0.144 e. The summed E-state index contributed by atoms with van der Waals surface area (Å²) in [5.41, 5.74) is 0.138. The molecule has 0 spiro atoms. The number of thiophene rings is 1. The van der Waals surface area contributed by atoms with Crippen molar-refractivity contribution in [3.05, 3.63) is 34.5 Å². The summed E-state index contributed by atoms with van der Waals surface area (Å²) in [4.78, 5) is 1.43. The molecule has 0 atom stereocenters. The molecule has 0 amide bonds. The zero-order valence-corrected chi connectivity index (χ0v) is 10.4. The molecule has 0 aromatic carbocycles. The second kappa shape index (κ2) is 3.42. The van der Waals surface area contributed by atoms with Crippen molar-refractivity contribution in [3.8, 4) is 0 Å². The minimum Gasteiger partial charge on any atom is -0.320 e. The predicted octanol–water partition coefficient (Wildman–Crippen LogP) is 2.59. The molecule has 4 heteroatoms. The summed E-state index contributed by atoms with van der Waals surface area (Å²) in [6.45, 7) is 2.31. The van der Waals surface area contributed by atoms with Crippen LogP contribution in [0.25, 0.3) is 0 Å². The van der Waals surface area contributed by atoms with E-state index in [1.165, 1.54) is 17.7 Å². The van der Waals surface area contributed by atoms with Gasteiger partial charge in [-0.05, 0) is 30.2 Å². The summed E-state index contributed by atoms with van der Waals surface area (Å²) < 4.78 is 2.06. The third kappa shape index (κ3) is 1.26. The van der Waals surface area contributed by atoms with Gasteiger partial charge in [0.1, 0.15) is 12.2 Å². The van der Waals surface area contributed by atoms with Crippen LogP contribution in [-0.2, 0) is 12.5 Å². The molecule has 2 aromatic heterocycles. The molecule has 1 aliphatic carbocycles. The lowest BCUT2D eigenvalue weighted by atomic mass is 9.61. The van der Waals surface area contributed by atoms with Crippen LogP contribution in [0.15, 0.2) is 23.8 Å². The second-order valence-corrected chi connectivity index (χ2v) is 5.79. The van der Waals surface area contributed by atoms with Crippen LogP contribution in [0.2, 0.25) is 0 Å². The van der Waals surface area contributed by atoms with E-state index in [-0.39, 0.29) is 5.41 Å². The van der Waals surface area contributed by atoms with Crippen LogP contribution in [-0.4, -0.2) is 14.8 Å². The number of aromatic nitrogens is 3. The summed E-state index contributed by atoms with van der Waals surface area (Å²) >= 11 is 1.83. The highest BCUT2D eigenvalue weighted by Gasteiger charge is 2.48. The standard InChI is InChI=1S/C12H15N3S/c1-9-6-12(7-9,10-4-3-5-16-10)11-14-13-8-15(11)2/h3-5,8-9H,6-7H2,1-2H3. The largest absolute Gasteiger partial charge is 0.320 e. The number of hydrogen-bond acceptors (Lipinski definition) is 3. The van der Waals surface area contributed by atoms with Gasteiger partial charge in [0.15, 0.2) is 0 Å². The molecule has 0 unspecified atom stereocenters. The minimum atomic E-state index is 0.138. The van der Waals surface area contributed by atoms with Gasteiger partial charge in [-0.25, -0.2) is 0 Å². The molecular formula is C12H15N3S. The first-order chi connectivity index (χ1) is 7.72. The summed E-state index contributed by atoms with van der Waals surface area (Å²) in [6.07, 6.45) is 4.19. The van der Waals surface area contributed by atoms with Crippen LogP contribution in [0, 0.1) is 5.92 Å². The van der Waals surface area contributed by atoms with Crippen molar-refractivity contribution >= 4 is 11.3 Å². The fourth-order valence-corrected chi connectivity index (χ4v) is 3.84. The molecule has 16 heavy (non-hydrogen) atoms. The third-order valence-electron chi connectivity index (χ3n) is 3.53. The smallest absolute Gasteiger partial charge is 0.144 e. The first-order valence-electron chi connectivity index (χ1n) is 5.61. The highest BCUT2D eigenvalue weighted by atomic mass is 32.1. The Morgan fingerprint density at radius 1 is 1.50 bits per heavy atom. The summed E-state index contributed by atoms with van der Waals surface area (Å²) in [5.74, 6) is 1.91. The van der Waals surface area contributed by atoms with E-state index in [1.54, 1.807) is 6.33 Å². The molecule has 3 nitrogen and oxygen atoms in total. The van der Waals surface area contributed by atoms with Crippen LogP contribution in [0.1, 0.15) is 30.5 Å². The van der Waals surface area contributed by atoms with Crippen LogP contribution in [0.4, 0.5) is 0 Å². The number of rotatable bonds is 2. The van der Waals surface area contributed by atoms with Gasteiger partial charge in [0, 0.05) is 11.9 Å². The molecule has 0 N–H and O–H groups in total. The Morgan fingerprint density at radius 3 is 2.81 bits per heavy atom. The van der Waals surface area contributed by atoms with Gasteiger partial charge in [0.25, 0.3) is 0 Å². The Hall–Kier alpha value is -1.16. The van der Waals surface area contributed by atoms with E-state index in [0.29, 0.717) is 0 Å². The van der Waals surface area contributed by atoms with E-state index in [0.717, 1.165) is 11.7 Å². The van der Waals surface area contributed by atoms with Crippen molar-refractivity contribution in [1.29, 1.82) is 0 Å². The van der Waals surface area contributed by atoms with Crippen LogP contribution in [0.3, 0.4) is 0 Å². The molecule has 3 rings (SSSR count). The maximum absolute atomic E-state index is 4.32. The van der Waals surface area contributed by atoms with Crippen molar-refractivity contribution in [2.45, 2.75) is 25.2 Å². The summed E-state index contributed by atoms with van der Waals surface area (Å²) in [6, 6.07) is 4.35.